The van der Waals surface area contributed by atoms with E-state index >= 15 is 0 Å². The molecule has 6 bridgehead atoms. The van der Waals surface area contributed by atoms with Crippen LogP contribution in [0.3, 0.4) is 0 Å². The van der Waals surface area contributed by atoms with Crippen molar-refractivity contribution in [3.05, 3.63) is 228 Å². The minimum Gasteiger partial charge on any atom is -0.482 e. The van der Waals surface area contributed by atoms with Crippen molar-refractivity contribution in [1.29, 1.82) is 0 Å². The van der Waals surface area contributed by atoms with Gasteiger partial charge in [-0.3, -0.25) is 28.8 Å². The predicted octanol–water partition coefficient (Wildman–Crippen LogP) is 20.6. The Bertz CT molecular complexity index is 5890. The van der Waals surface area contributed by atoms with E-state index in [-0.39, 0.29) is 123 Å². The summed E-state index contributed by atoms with van der Waals surface area (Å²) in [5, 5.41) is 45.0. The number of aryl methyl sites for hydroxylation is 2. The maximum absolute atomic E-state index is 13.6. The minimum absolute atomic E-state index is 0.00235. The van der Waals surface area contributed by atoms with Crippen LogP contribution in [0, 0.1) is 42.3 Å². The number of hydrogen-bond acceptors (Lipinski definition) is 20. The lowest BCUT2D eigenvalue weighted by molar-refractivity contribution is -0.265. The van der Waals surface area contributed by atoms with Crippen LogP contribution in [0.2, 0.25) is 20.1 Å². The maximum atomic E-state index is 13.6. The van der Waals surface area contributed by atoms with E-state index in [0.717, 1.165) is 145 Å². The molecule has 7 atom stereocenters. The molecule has 9 aromatic rings. The molecule has 0 unspecified atom stereocenters. The zero-order valence-electron chi connectivity index (χ0n) is 74.9. The van der Waals surface area contributed by atoms with Gasteiger partial charge in [0.15, 0.2) is 47.5 Å². The van der Waals surface area contributed by atoms with Crippen molar-refractivity contribution in [3.8, 4) is 34.3 Å². The second-order valence-electron chi connectivity index (χ2n) is 41.5. The van der Waals surface area contributed by atoms with Gasteiger partial charge in [-0.2, -0.15) is 17.6 Å². The van der Waals surface area contributed by atoms with Crippen LogP contribution in [0.5, 0.6) is 23.0 Å². The van der Waals surface area contributed by atoms with Crippen molar-refractivity contribution in [3.63, 3.8) is 0 Å². The SMILES string of the molecule is CC(F)(F)OC1CC(c2cc(C34CC(CC(=O)[C@@H]5C[C@@H](O)c6cc(Cl)ccc6O5)(C3)C4)no2)C1.CC(F)(F)OC1CC(c2cc(C34CC(CC(=O)[C@H]5C[C@@H](O)c6cc(Cl)ccc6O5)(C3)C4)on2)C1.Cc1cc(-c2cn(C34CC(NC(=O)[C@@H]5CC(=O)c6cc(Cl)ccc6O5)(C3)C4)cn2)ccc1F.Cc1ccc(C2CN(C(=O)C3CCC(CC(=O)[C@H]4C[C@@H](O)c5cc(Cl)ccc5O4)CC3)C2)cc1. The standard InChI is InChI=1S/C28H32ClNO4.2C25H26ClF2NO5.C25H21ClFN3O3/c1-17-2-6-19(7-3-17)21-15-30(16-21)28(33)20-8-4-18(5-9-20)12-25(32)27-14-24(31)23-13-22(29)10-11-26(23)34-27;1-23(27,28)33-15-4-13(5-15)20-8-22(29-34-20)25-10-24(11-25,12-25)9-18(31)21-7-17(30)16-6-14(26)2-3-19(16)32-21;1-23(27,28)33-15-4-13(5-15)17-7-22(34-29-17)25-10-24(11-25,12-25)9-19(31)21-8-18(30)16-6-14(26)2-3-20(16)32-21;1-14-6-15(2-4-18(14)27)19-9-30(13-28-19)25-10-24(11-25,12-25)29-23(32)22-8-20(31)17-7-16(26)3-5-21(17)33-22/h2-3,6-7,10-11,13,18,20-21,24,27,31H,4-5,8-9,12,14-16H2,1H3;2-3,6,8,13,15,17,21,30H,4-5,7,9-12H2,1H3;2-3,6-7,13,15,18,21,30H,4-5,8-12H2,1H3;2-7,9,13,22H,8,10-12H2,1H3,(H,29,32)/t18?,20?,24-,27-;13?,15?,17-,21+,24?,25?;13?,15?,18-,21-,24?,25?;22-,24?,25?/m1110/s1. The summed E-state index contributed by atoms with van der Waals surface area (Å²) in [5.41, 5.74) is 8.33. The number of carbonyl (C=O) groups excluding carboxylic acids is 6. The number of benzene rings is 6. The Balaban J connectivity index is 0.000000112. The van der Waals surface area contributed by atoms with Crippen LogP contribution in [0.1, 0.15) is 271 Å². The first-order valence-electron chi connectivity index (χ1n) is 46.7. The summed E-state index contributed by atoms with van der Waals surface area (Å²) in [6, 6.07) is 37.6. The molecule has 5 aliphatic heterocycles. The smallest absolute Gasteiger partial charge is 0.353 e. The zero-order valence-corrected chi connectivity index (χ0v) is 78.0. The zero-order chi connectivity index (χ0) is 94.5. The fraction of sp³-hybridized carbons (Fsp3) is 0.505. The highest BCUT2D eigenvalue weighted by Crippen LogP contribution is 2.77. The molecule has 712 valence electrons. The number of ketones is 4. The van der Waals surface area contributed by atoms with E-state index in [4.69, 9.17) is 83.9 Å². The van der Waals surface area contributed by atoms with Crippen molar-refractivity contribution in [2.75, 3.05) is 13.1 Å². The van der Waals surface area contributed by atoms with E-state index in [1.807, 2.05) is 29.6 Å². The molecule has 135 heavy (non-hydrogen) atoms. The van der Waals surface area contributed by atoms with Crippen LogP contribution in [-0.4, -0.2) is 143 Å². The van der Waals surface area contributed by atoms with Crippen molar-refractivity contribution >= 4 is 81.4 Å². The monoisotopic (exact) mass is 1930 g/mol. The van der Waals surface area contributed by atoms with E-state index in [2.05, 4.69) is 56.4 Å². The summed E-state index contributed by atoms with van der Waals surface area (Å²) in [6.45, 7) is 6.97. The molecular formula is C103H105Cl4F5N6O17. The molecule has 0 radical (unpaired) electrons. The molecule has 1 saturated heterocycles. The third kappa shape index (κ3) is 18.7. The number of imidazole rings is 1. The molecule has 13 fully saturated rings. The number of alkyl halides is 4. The van der Waals surface area contributed by atoms with E-state index in [0.29, 0.717) is 122 Å². The van der Waals surface area contributed by atoms with Crippen molar-refractivity contribution in [1.82, 2.24) is 30.1 Å². The van der Waals surface area contributed by atoms with Gasteiger partial charge in [0, 0.05) is 166 Å². The Kier molecular flexibility index (Phi) is 24.4. The predicted molar refractivity (Wildman–Crippen MR) is 485 cm³/mol. The number of aliphatic hydroxyl groups is 3. The molecule has 26 rings (SSSR count). The van der Waals surface area contributed by atoms with Crippen LogP contribution >= 0.6 is 46.4 Å². The van der Waals surface area contributed by atoms with Gasteiger partial charge in [-0.05, 0) is 242 Å². The van der Waals surface area contributed by atoms with Gasteiger partial charge in [0.2, 0.25) is 5.91 Å². The van der Waals surface area contributed by atoms with Gasteiger partial charge in [0.1, 0.15) is 40.3 Å². The Hall–Kier alpha value is -9.62. The average molecular weight is 1940 g/mol. The van der Waals surface area contributed by atoms with Gasteiger partial charge >= 0.3 is 12.2 Å². The lowest BCUT2D eigenvalue weighted by atomic mass is 9.33. The Morgan fingerprint density at radius 2 is 1.05 bits per heavy atom. The third-order valence-corrected chi connectivity index (χ3v) is 32.0. The summed E-state index contributed by atoms with van der Waals surface area (Å²) in [5.74, 6) is 4.18. The molecule has 4 N–H and O–H groups in total. The number of carbonyl (C=O) groups is 6. The number of aliphatic hydroxyl groups excluding tert-OH is 3. The first-order chi connectivity index (χ1) is 64.2. The summed E-state index contributed by atoms with van der Waals surface area (Å²) in [7, 11) is 0. The number of nitrogens with one attached hydrogen (secondary N) is 1. The number of amides is 2. The van der Waals surface area contributed by atoms with Crippen molar-refractivity contribution < 1.29 is 104 Å². The van der Waals surface area contributed by atoms with Crippen LogP contribution in [-0.2, 0) is 49.8 Å². The topological polar surface area (TPSA) is 304 Å². The largest absolute Gasteiger partial charge is 0.482 e. The first kappa shape index (κ1) is 93.0. The molecule has 0 spiro atoms. The number of aromatic nitrogens is 4. The second-order valence-corrected chi connectivity index (χ2v) is 43.2. The van der Waals surface area contributed by atoms with Crippen LogP contribution in [0.25, 0.3) is 11.3 Å². The number of hydrogen-bond donors (Lipinski definition) is 4. The lowest BCUT2D eigenvalue weighted by Crippen LogP contribution is -2.79. The molecule has 32 heteroatoms. The molecule has 8 heterocycles. The highest BCUT2D eigenvalue weighted by molar-refractivity contribution is 6.32. The molecule has 23 nitrogen and oxygen atoms in total. The first-order valence-corrected chi connectivity index (χ1v) is 48.2. The fourth-order valence-corrected chi connectivity index (χ4v) is 24.7. The van der Waals surface area contributed by atoms with Gasteiger partial charge in [-0.25, -0.2) is 9.37 Å². The summed E-state index contributed by atoms with van der Waals surface area (Å²) >= 11 is 24.0. The molecule has 12 aliphatic carbocycles. The summed E-state index contributed by atoms with van der Waals surface area (Å²) in [4.78, 5) is 83.7. The Morgan fingerprint density at radius 3 is 1.59 bits per heavy atom. The molecule has 17 aliphatic rings. The molecular weight excluding hydrogens is 1830 g/mol. The van der Waals surface area contributed by atoms with Gasteiger partial charge < -0.3 is 67.6 Å². The molecule has 12 saturated carbocycles. The quantitative estimate of drug-likeness (QED) is 0.0433. The average Bonchev–Trinajstić information content (AvgIpc) is 1.64. The molecule has 3 aromatic heterocycles. The summed E-state index contributed by atoms with van der Waals surface area (Å²) in [6.07, 6.45) is 6.75. The fourth-order valence-electron chi connectivity index (χ4n) is 24.0. The van der Waals surface area contributed by atoms with E-state index < -0.39 is 67.2 Å². The van der Waals surface area contributed by atoms with Gasteiger partial charge in [0.05, 0.1) is 71.5 Å². The minimum atomic E-state index is -3.11. The van der Waals surface area contributed by atoms with E-state index in [9.17, 15) is 66.0 Å². The Labute approximate surface area is 796 Å². The van der Waals surface area contributed by atoms with E-state index in [1.54, 1.807) is 91.9 Å². The van der Waals surface area contributed by atoms with Crippen LogP contribution in [0.15, 0.2) is 149 Å². The maximum Gasteiger partial charge on any atom is 0.353 e. The van der Waals surface area contributed by atoms with Gasteiger partial charge in [-0.15, -0.1) is 0 Å². The van der Waals surface area contributed by atoms with Gasteiger partial charge in [-0.1, -0.05) is 86.5 Å². The van der Waals surface area contributed by atoms with Crippen molar-refractivity contribution in [2.24, 2.45) is 22.7 Å². The Morgan fingerprint density at radius 1 is 0.548 bits per heavy atom. The molecule has 2 amide bonds. The van der Waals surface area contributed by atoms with Crippen LogP contribution < -0.4 is 24.3 Å². The lowest BCUT2D eigenvalue weighted by Gasteiger charge is -2.70. The van der Waals surface area contributed by atoms with Gasteiger partial charge in [0.25, 0.3) is 5.91 Å². The molecule has 6 aromatic carbocycles. The number of rotatable bonds is 23. The normalized spacial score (nSPS) is 31.5. The third-order valence-electron chi connectivity index (χ3n) is 31.0. The highest BCUT2D eigenvalue weighted by atomic mass is 35.5. The summed E-state index contributed by atoms with van der Waals surface area (Å²) < 4.78 is 112. The van der Waals surface area contributed by atoms with Crippen molar-refractivity contribution in [2.45, 2.75) is 289 Å². The van der Waals surface area contributed by atoms with E-state index in [1.165, 1.54) is 17.2 Å². The second kappa shape index (κ2) is 35.4. The number of halogens is 9. The van der Waals surface area contributed by atoms with Crippen LogP contribution in [0.4, 0.5) is 22.0 Å². The number of fused-ring (bicyclic) bond motifs is 4. The number of Topliss-reactive ketones (excluding diaryl/α,β-unsaturated/α-hetero) is 4. The number of nitrogens with zero attached hydrogens (tertiary/aromatic N) is 5. The highest BCUT2D eigenvalue weighted by Gasteiger charge is 2.73. The number of ether oxygens (including phenoxy) is 6. The number of likely N-dealkylation sites (tertiary alicyclic amines) is 1.